The third-order valence-electron chi connectivity index (χ3n) is 8.67. The molecule has 0 atom stereocenters. The minimum absolute atomic E-state index is 0. The van der Waals surface area contributed by atoms with Crippen molar-refractivity contribution < 1.29 is 115 Å². The number of carbonyl (C=O) groups excluding carboxylic acids is 4. The quantitative estimate of drug-likeness (QED) is 0.0654. The molecule has 0 bridgehead atoms. The van der Waals surface area contributed by atoms with Gasteiger partial charge >= 0.3 is 75.4 Å². The Bertz CT molecular complexity index is 2940. The van der Waals surface area contributed by atoms with E-state index in [1.807, 2.05) is 6.07 Å². The monoisotopic (exact) mass is 860 g/mol. The van der Waals surface area contributed by atoms with Crippen LogP contribution >= 0.6 is 0 Å². The third kappa shape index (κ3) is 10.2. The number of nitrogens with zero attached hydrogens (tertiary/aromatic N) is 16. The zero-order valence-corrected chi connectivity index (χ0v) is 35.3. The van der Waals surface area contributed by atoms with E-state index >= 15 is 0 Å². The van der Waals surface area contributed by atoms with E-state index < -0.39 is 46.1 Å². The van der Waals surface area contributed by atoms with Gasteiger partial charge in [-0.15, -0.1) is 20.5 Å². The predicted molar refractivity (Wildman–Crippen MR) is 198 cm³/mol. The number of benzene rings is 2. The van der Waals surface area contributed by atoms with Gasteiger partial charge in [0.15, 0.2) is 46.3 Å². The molecule has 4 N–H and O–H groups in total. The van der Waals surface area contributed by atoms with Gasteiger partial charge in [0.05, 0.1) is 65.6 Å². The van der Waals surface area contributed by atoms with Gasteiger partial charge in [-0.1, -0.05) is 0 Å². The molecule has 0 fully saturated rings. The van der Waals surface area contributed by atoms with Crippen LogP contribution in [-0.4, -0.2) is 73.0 Å². The van der Waals surface area contributed by atoms with E-state index in [9.17, 15) is 44.9 Å². The van der Waals surface area contributed by atoms with Gasteiger partial charge in [-0.05, 0) is 72.5 Å². The molecule has 0 aliphatic carbocycles. The fourth-order valence-electron chi connectivity index (χ4n) is 5.77. The van der Waals surface area contributed by atoms with Crippen LogP contribution in [0.1, 0.15) is 58.4 Å². The van der Waals surface area contributed by atoms with Gasteiger partial charge in [0, 0.05) is 6.07 Å². The first kappa shape index (κ1) is 52.8. The van der Waals surface area contributed by atoms with Crippen molar-refractivity contribution in [2.75, 3.05) is 11.5 Å². The Morgan fingerprint density at radius 1 is 0.621 bits per heavy atom. The summed E-state index contributed by atoms with van der Waals surface area (Å²) in [6, 6.07) is 9.20. The number of carbonyl (C=O) groups is 4. The first-order valence-corrected chi connectivity index (χ1v) is 17.1. The Balaban J connectivity index is 0.00000289. The second-order valence-electron chi connectivity index (χ2n) is 12.6. The van der Waals surface area contributed by atoms with Crippen LogP contribution in [0.2, 0.25) is 0 Å². The summed E-state index contributed by atoms with van der Waals surface area (Å²) in [4.78, 5) is 58.2. The molecule has 5 aromatic heterocycles. The van der Waals surface area contributed by atoms with E-state index in [4.69, 9.17) is 18.0 Å². The minimum atomic E-state index is -1.68. The summed E-state index contributed by atoms with van der Waals surface area (Å²) in [6.07, 6.45) is 3.37. The Labute approximate surface area is 417 Å². The number of aromatic nitrogens is 10. The summed E-state index contributed by atoms with van der Waals surface area (Å²) in [5, 5.41) is 89.6. The topological polar surface area (TPSA) is 387 Å². The van der Waals surface area contributed by atoms with Gasteiger partial charge < -0.3 is 51.1 Å². The van der Waals surface area contributed by atoms with E-state index in [-0.39, 0.29) is 156 Å². The molecule has 0 spiro atoms. The van der Waals surface area contributed by atoms with Crippen LogP contribution in [0.15, 0.2) is 81.6 Å². The largest absolute Gasteiger partial charge is 1.00 e. The number of aryl methyl sites for hydroxylation is 2. The van der Waals surface area contributed by atoms with Crippen LogP contribution in [0.3, 0.4) is 0 Å². The molecule has 0 aliphatic heterocycles. The van der Waals surface area contributed by atoms with E-state index in [0.29, 0.717) is 0 Å². The van der Waals surface area contributed by atoms with Crippen molar-refractivity contribution >= 4 is 64.2 Å². The average Bonchev–Trinajstić information content (AvgIpc) is 4.01. The van der Waals surface area contributed by atoms with E-state index in [0.717, 1.165) is 64.5 Å². The van der Waals surface area contributed by atoms with Crippen molar-refractivity contribution in [3.63, 3.8) is 0 Å². The summed E-state index contributed by atoms with van der Waals surface area (Å²) in [5.74, 6) is -7.15. The van der Waals surface area contributed by atoms with Crippen molar-refractivity contribution in [3.8, 4) is 29.1 Å². The molecule has 5 heterocycles. The van der Waals surface area contributed by atoms with Crippen molar-refractivity contribution in [2.24, 2.45) is 20.5 Å². The van der Waals surface area contributed by atoms with Gasteiger partial charge in [0.1, 0.15) is 18.0 Å². The number of carboxylic acids is 4. The van der Waals surface area contributed by atoms with E-state index in [1.165, 1.54) is 15.4 Å². The Hall–Kier alpha value is -7.59. The molecular formula is C36H20Li4N18O8. The summed E-state index contributed by atoms with van der Waals surface area (Å²) in [5.41, 5.74) is 10.9. The van der Waals surface area contributed by atoms with Crippen LogP contribution in [0.4, 0.5) is 40.3 Å². The number of hydrogen-bond donors (Lipinski definition) is 2. The Kier molecular flexibility index (Phi) is 17.1. The number of anilines is 2. The zero-order valence-electron chi connectivity index (χ0n) is 35.3. The number of nitrogens with two attached hydrogens (primary N) is 2. The number of azo groups is 2. The minimum Gasteiger partial charge on any atom is -0.545 e. The van der Waals surface area contributed by atoms with Gasteiger partial charge in [-0.3, -0.25) is 0 Å². The average molecular weight is 860 g/mol. The van der Waals surface area contributed by atoms with Crippen LogP contribution in [0, 0.1) is 31.8 Å². The molecule has 0 saturated heterocycles. The predicted octanol–water partition coefficient (Wildman–Crippen LogP) is -12.3. The number of hydrogen-bond acceptors (Lipinski definition) is 21. The molecule has 2 aromatic carbocycles. The van der Waals surface area contributed by atoms with Crippen LogP contribution in [-0.2, 0) is 0 Å². The van der Waals surface area contributed by atoms with Crippen molar-refractivity contribution in [3.05, 3.63) is 112 Å². The van der Waals surface area contributed by atoms with Crippen molar-refractivity contribution in [1.29, 1.82) is 5.26 Å². The third-order valence-corrected chi connectivity index (χ3v) is 8.67. The summed E-state index contributed by atoms with van der Waals surface area (Å²) in [7, 11) is 0. The van der Waals surface area contributed by atoms with E-state index in [2.05, 4.69) is 55.7 Å². The molecule has 0 unspecified atom stereocenters. The molecule has 7 aromatic rings. The number of aromatic carboxylic acids is 4. The molecule has 0 aliphatic rings. The molecular weight excluding hydrogens is 840 g/mol. The van der Waals surface area contributed by atoms with Crippen LogP contribution < -0.4 is 107 Å². The second kappa shape index (κ2) is 21.4. The van der Waals surface area contributed by atoms with Crippen LogP contribution in [0.5, 0.6) is 0 Å². The second-order valence-corrected chi connectivity index (χ2v) is 12.6. The molecule has 7 rings (SSSR count). The molecule has 0 saturated carbocycles. The van der Waals surface area contributed by atoms with Crippen molar-refractivity contribution in [1.82, 2.24) is 49.1 Å². The number of nitriles is 1. The maximum absolute atomic E-state index is 11.6. The molecule has 306 valence electrons. The molecule has 30 heteroatoms. The first-order chi connectivity index (χ1) is 29.6. The Morgan fingerprint density at radius 2 is 1.02 bits per heavy atom. The van der Waals surface area contributed by atoms with Crippen LogP contribution in [0.25, 0.3) is 27.9 Å². The molecule has 26 nitrogen and oxygen atoms in total. The Morgan fingerprint density at radius 3 is 1.41 bits per heavy atom. The fourth-order valence-corrected chi connectivity index (χ4v) is 5.77. The number of carboxylic acid groups (broad SMARTS) is 4. The number of nitrogen functional groups attached to an aromatic ring is 2. The maximum Gasteiger partial charge on any atom is 1.00 e. The summed E-state index contributed by atoms with van der Waals surface area (Å²) < 4.78 is 4.37. The molecule has 0 amide bonds. The first-order valence-electron chi connectivity index (χ1n) is 17.1. The molecule has 0 radical (unpaired) electrons. The smallest absolute Gasteiger partial charge is 0.545 e. The fraction of sp³-hybridized carbons (Fsp3) is 0.0556. The SMILES string of the molecule is [C-]#[N+]c1cnn(-c2cc(C(=O)[O-])cc(C(=O)[O-])c2)c1N=Nc1c(C)nn(-c2cc(-n3nc(C)c(N=Nc4c(C#N)cnn4-c4cc(C(=O)[O-])cc(C(=O)[O-])c4)c3N)ncn2)c1N.[Li+].[Li+].[Li+].[Li+]. The summed E-state index contributed by atoms with van der Waals surface area (Å²) >= 11 is 0. The molecule has 66 heavy (non-hydrogen) atoms. The summed E-state index contributed by atoms with van der Waals surface area (Å²) in [6.45, 7) is 10.7. The van der Waals surface area contributed by atoms with E-state index in [1.54, 1.807) is 13.8 Å². The van der Waals surface area contributed by atoms with Gasteiger partial charge in [0.25, 0.3) is 5.69 Å². The van der Waals surface area contributed by atoms with Crippen molar-refractivity contribution in [2.45, 2.75) is 13.8 Å². The van der Waals surface area contributed by atoms with Gasteiger partial charge in [0.2, 0.25) is 0 Å². The standard InChI is InChI=1S/C36H24N18O8.4Li/c1-15-27(45-47-31-21(11-37)12-43-51(31)22-6-17(33(55)56)4-18(7-22)34(57)58)29(38)53(49-15)25-10-26(42-14-41-25)54-30(39)28(16(2)50-54)46-48-32-24(40-3)13-44-52(32)23-8-19(35(59)60)5-20(9-23)36(61)62;;;;/h4-10,12-14H,38-39H2,1-2H3,(H,55,56)(H,57,58)(H,59,60)(H,61,62);;;;/q;4*+1/p-4. The normalized spacial score (nSPS) is 10.5. The zero-order chi connectivity index (χ0) is 44.6. The number of rotatable bonds is 12. The van der Waals surface area contributed by atoms with Gasteiger partial charge in [-0.25, -0.2) is 24.2 Å². The van der Waals surface area contributed by atoms with Gasteiger partial charge in [-0.2, -0.15) is 35.0 Å². The maximum atomic E-state index is 11.6.